The number of nitrogens with zero attached hydrogens (tertiary/aromatic N) is 1. The van der Waals surface area contributed by atoms with Crippen LogP contribution in [0.3, 0.4) is 0 Å². The first-order valence-corrected chi connectivity index (χ1v) is 19.7. The molecule has 11 aromatic rings. The van der Waals surface area contributed by atoms with Crippen LogP contribution in [0.1, 0.15) is 0 Å². The molecular weight excluding hydrogens is 687 g/mol. The second-order valence-electron chi connectivity index (χ2n) is 14.9. The van der Waals surface area contributed by atoms with E-state index < -0.39 is 0 Å². The van der Waals surface area contributed by atoms with E-state index in [-0.39, 0.29) is 0 Å². The van der Waals surface area contributed by atoms with E-state index in [1.807, 2.05) is 0 Å². The topological polar surface area (TPSA) is 4.93 Å². The third-order valence-corrected chi connectivity index (χ3v) is 11.6. The Kier molecular flexibility index (Phi) is 7.89. The lowest BCUT2D eigenvalue weighted by Crippen LogP contribution is -1.99. The lowest BCUT2D eigenvalue weighted by atomic mass is 9.85. The maximum Gasteiger partial charge on any atom is 0.0535 e. The Balaban J connectivity index is 1.16. The van der Waals surface area contributed by atoms with Crippen molar-refractivity contribution < 1.29 is 0 Å². The van der Waals surface area contributed by atoms with Gasteiger partial charge < -0.3 is 4.57 Å². The monoisotopic (exact) mass is 723 g/mol. The summed E-state index contributed by atoms with van der Waals surface area (Å²) >= 11 is 0. The van der Waals surface area contributed by atoms with E-state index in [4.69, 9.17) is 0 Å². The molecule has 0 fully saturated rings. The molecule has 1 heterocycles. The van der Waals surface area contributed by atoms with Crippen LogP contribution in [-0.2, 0) is 0 Å². The lowest BCUT2D eigenvalue weighted by molar-refractivity contribution is 1.10. The molecule has 57 heavy (non-hydrogen) atoms. The molecule has 1 heteroatoms. The normalized spacial score (nSPS) is 11.5. The molecule has 0 unspecified atom stereocenters. The summed E-state index contributed by atoms with van der Waals surface area (Å²) in [6.07, 6.45) is 0. The standard InChI is InChI=1S/C56H37N/c1-3-15-40(16-4-1)53-33-34-54(41-17-5-2-6-18-41)57(53)48-31-29-42(30-32-48)55-51-24-12-22-49(45-27-25-38-13-7-9-19-43(38)35-45)52(51)37-47-21-11-23-50(56(47)55)46-28-26-39-14-8-10-20-44(39)36-46/h1-37H. The summed E-state index contributed by atoms with van der Waals surface area (Å²) in [5.74, 6) is 0. The zero-order valence-electron chi connectivity index (χ0n) is 31.3. The van der Waals surface area contributed by atoms with E-state index in [2.05, 4.69) is 229 Å². The fourth-order valence-electron chi connectivity index (χ4n) is 8.86. The minimum atomic E-state index is 1.12. The van der Waals surface area contributed by atoms with E-state index in [9.17, 15) is 0 Å². The molecule has 0 saturated carbocycles. The van der Waals surface area contributed by atoms with Crippen LogP contribution in [0.15, 0.2) is 224 Å². The number of hydrogen-bond donors (Lipinski definition) is 0. The summed E-state index contributed by atoms with van der Waals surface area (Å²) in [7, 11) is 0. The highest BCUT2D eigenvalue weighted by molar-refractivity contribution is 6.20. The smallest absolute Gasteiger partial charge is 0.0535 e. The van der Waals surface area contributed by atoms with Crippen LogP contribution >= 0.6 is 0 Å². The second kappa shape index (κ2) is 13.7. The van der Waals surface area contributed by atoms with Crippen molar-refractivity contribution in [1.29, 1.82) is 0 Å². The third-order valence-electron chi connectivity index (χ3n) is 11.6. The van der Waals surface area contributed by atoms with Gasteiger partial charge in [0.2, 0.25) is 0 Å². The molecule has 0 aliphatic carbocycles. The van der Waals surface area contributed by atoms with Gasteiger partial charge in [0.1, 0.15) is 0 Å². The Labute approximate surface area is 332 Å². The molecule has 0 saturated heterocycles. The van der Waals surface area contributed by atoms with E-state index in [0.717, 1.165) is 17.1 Å². The van der Waals surface area contributed by atoms with Crippen LogP contribution in [0.2, 0.25) is 0 Å². The first-order valence-electron chi connectivity index (χ1n) is 19.7. The number of rotatable bonds is 6. The minimum absolute atomic E-state index is 1.12. The molecule has 1 aromatic heterocycles. The Morgan fingerprint density at radius 2 is 0.754 bits per heavy atom. The minimum Gasteiger partial charge on any atom is -0.309 e. The quantitative estimate of drug-likeness (QED) is 0.151. The predicted molar refractivity (Wildman–Crippen MR) is 243 cm³/mol. The molecule has 0 bridgehead atoms. The van der Waals surface area contributed by atoms with Crippen LogP contribution in [-0.4, -0.2) is 4.57 Å². The Morgan fingerprint density at radius 3 is 1.37 bits per heavy atom. The van der Waals surface area contributed by atoms with Gasteiger partial charge in [0.05, 0.1) is 11.4 Å². The Morgan fingerprint density at radius 1 is 0.263 bits per heavy atom. The van der Waals surface area contributed by atoms with Crippen LogP contribution in [0.5, 0.6) is 0 Å². The van der Waals surface area contributed by atoms with Crippen molar-refractivity contribution in [3.63, 3.8) is 0 Å². The molecule has 0 aliphatic heterocycles. The van der Waals surface area contributed by atoms with Crippen LogP contribution < -0.4 is 0 Å². The van der Waals surface area contributed by atoms with E-state index >= 15 is 0 Å². The van der Waals surface area contributed by atoms with Crippen LogP contribution in [0.25, 0.3) is 105 Å². The fourth-order valence-corrected chi connectivity index (χ4v) is 8.86. The van der Waals surface area contributed by atoms with Crippen molar-refractivity contribution in [2.24, 2.45) is 0 Å². The van der Waals surface area contributed by atoms with Crippen molar-refractivity contribution in [3.05, 3.63) is 224 Å². The maximum absolute atomic E-state index is 2.41. The highest BCUT2D eigenvalue weighted by Crippen LogP contribution is 2.45. The van der Waals surface area contributed by atoms with Gasteiger partial charge in [0.25, 0.3) is 0 Å². The Hall–Kier alpha value is -7.48. The van der Waals surface area contributed by atoms with E-state index in [1.54, 1.807) is 0 Å². The number of hydrogen-bond acceptors (Lipinski definition) is 0. The van der Waals surface area contributed by atoms with Gasteiger partial charge >= 0.3 is 0 Å². The highest BCUT2D eigenvalue weighted by atomic mass is 15.0. The largest absolute Gasteiger partial charge is 0.309 e. The summed E-state index contributed by atoms with van der Waals surface area (Å²) in [6, 6.07) is 82.1. The highest BCUT2D eigenvalue weighted by Gasteiger charge is 2.19. The van der Waals surface area contributed by atoms with Gasteiger partial charge in [0, 0.05) is 5.69 Å². The predicted octanol–water partition coefficient (Wildman–Crippen LogP) is 15.4. The average molecular weight is 724 g/mol. The molecular formula is C56H37N. The van der Waals surface area contributed by atoms with Crippen molar-refractivity contribution in [3.8, 4) is 61.6 Å². The van der Waals surface area contributed by atoms with Gasteiger partial charge in [-0.05, 0) is 130 Å². The molecule has 0 atom stereocenters. The molecule has 10 aromatic carbocycles. The van der Waals surface area contributed by atoms with Gasteiger partial charge in [-0.1, -0.05) is 182 Å². The lowest BCUT2D eigenvalue weighted by Gasteiger charge is -2.19. The molecule has 1 nitrogen and oxygen atoms in total. The third kappa shape index (κ3) is 5.72. The van der Waals surface area contributed by atoms with Crippen LogP contribution in [0, 0.1) is 0 Å². The first kappa shape index (κ1) is 32.9. The fraction of sp³-hybridized carbons (Fsp3) is 0. The van der Waals surface area contributed by atoms with Gasteiger partial charge in [-0.25, -0.2) is 0 Å². The second-order valence-corrected chi connectivity index (χ2v) is 14.9. The molecule has 266 valence electrons. The zero-order chi connectivity index (χ0) is 37.7. The molecule has 0 N–H and O–H groups in total. The summed E-state index contributed by atoms with van der Waals surface area (Å²) in [6.45, 7) is 0. The summed E-state index contributed by atoms with van der Waals surface area (Å²) in [5.41, 5.74) is 13.2. The van der Waals surface area contributed by atoms with Crippen molar-refractivity contribution in [1.82, 2.24) is 4.57 Å². The van der Waals surface area contributed by atoms with Crippen molar-refractivity contribution in [2.45, 2.75) is 0 Å². The van der Waals surface area contributed by atoms with E-state index in [1.165, 1.54) is 87.6 Å². The number of benzene rings is 10. The molecule has 0 spiro atoms. The SMILES string of the molecule is c1ccc(-c2ccc(-c3ccccc3)n2-c2ccc(-c3c4cccc(-c5ccc6ccccc6c5)c4cc4cccc(-c5ccc6ccccc6c5)c34)cc2)cc1. The van der Waals surface area contributed by atoms with E-state index in [0.29, 0.717) is 0 Å². The van der Waals surface area contributed by atoms with Gasteiger partial charge in [-0.3, -0.25) is 0 Å². The van der Waals surface area contributed by atoms with Gasteiger partial charge in [-0.15, -0.1) is 0 Å². The van der Waals surface area contributed by atoms with Crippen molar-refractivity contribution in [2.75, 3.05) is 0 Å². The maximum atomic E-state index is 2.41. The van der Waals surface area contributed by atoms with Gasteiger partial charge in [0.15, 0.2) is 0 Å². The number of fused-ring (bicyclic) bond motifs is 4. The number of aromatic nitrogens is 1. The zero-order valence-corrected chi connectivity index (χ0v) is 31.3. The molecule has 0 radical (unpaired) electrons. The summed E-state index contributed by atoms with van der Waals surface area (Å²) in [5, 5.41) is 9.97. The van der Waals surface area contributed by atoms with Crippen LogP contribution in [0.4, 0.5) is 0 Å². The molecule has 0 amide bonds. The summed E-state index contributed by atoms with van der Waals surface area (Å²) in [4.78, 5) is 0. The first-order chi connectivity index (χ1) is 28.3. The summed E-state index contributed by atoms with van der Waals surface area (Å²) < 4.78 is 2.40. The average Bonchev–Trinajstić information content (AvgIpc) is 3.74. The van der Waals surface area contributed by atoms with Crippen molar-refractivity contribution >= 4 is 43.1 Å². The Bertz CT molecular complexity index is 3210. The van der Waals surface area contributed by atoms with Gasteiger partial charge in [-0.2, -0.15) is 0 Å². The molecule has 11 rings (SSSR count). The molecule has 0 aliphatic rings.